The van der Waals surface area contributed by atoms with E-state index in [9.17, 15) is 33.4 Å². The highest BCUT2D eigenvalue weighted by atomic mass is 31.1. The monoisotopic (exact) mass is 1480 g/mol. The molecule has 1 saturated heterocycles. The molecule has 0 saturated carbocycles. The Hall–Kier alpha value is -5.30. The smallest absolute Gasteiger partial charge is 0.490 e. The zero-order valence-corrected chi connectivity index (χ0v) is 66.6. The summed E-state index contributed by atoms with van der Waals surface area (Å²) in [4.78, 5) is 88.8. The number of nitrogens with zero attached hydrogens (tertiary/aromatic N) is 5. The van der Waals surface area contributed by atoms with E-state index >= 15 is 0 Å². The number of amides is 2. The maximum atomic E-state index is 14.4. The second-order valence-electron chi connectivity index (χ2n) is 29.4. The number of benzene rings is 1. The second-order valence-corrected chi connectivity index (χ2v) is 30.2. The summed E-state index contributed by atoms with van der Waals surface area (Å²) in [7, 11) is -1.30. The van der Waals surface area contributed by atoms with Crippen LogP contribution in [0.1, 0.15) is 385 Å². The third-order valence-corrected chi connectivity index (χ3v) is 20.4. The summed E-state index contributed by atoms with van der Waals surface area (Å²) in [5, 5.41) is 2.71. The van der Waals surface area contributed by atoms with Crippen molar-refractivity contribution in [2.75, 3.05) is 51.9 Å². The van der Waals surface area contributed by atoms with E-state index in [0.717, 1.165) is 51.4 Å². The van der Waals surface area contributed by atoms with Crippen LogP contribution in [0.4, 0.5) is 5.82 Å². The average Bonchev–Trinajstić information content (AvgIpc) is 1.63. The molecule has 2 unspecified atom stereocenters. The number of hydrogen-bond donors (Lipinski definition) is 2. The maximum Gasteiger partial charge on any atom is 0.694 e. The van der Waals surface area contributed by atoms with Gasteiger partial charge in [0.2, 0.25) is 11.7 Å². The van der Waals surface area contributed by atoms with Gasteiger partial charge in [-0.3, -0.25) is 23.7 Å². The number of ether oxygens (including phenoxy) is 6. The molecule has 1 aliphatic rings. The molecule has 4 atom stereocenters. The van der Waals surface area contributed by atoms with Crippen molar-refractivity contribution < 1.29 is 66.4 Å². The van der Waals surface area contributed by atoms with E-state index in [-0.39, 0.29) is 80.5 Å². The lowest BCUT2D eigenvalue weighted by Gasteiger charge is -2.21. The Kier molecular flexibility index (Phi) is 53.1. The van der Waals surface area contributed by atoms with Crippen LogP contribution in [0.2, 0.25) is 0 Å². The molecule has 20 nitrogen and oxygen atoms in total. The topological polar surface area (TPSA) is 246 Å². The zero-order chi connectivity index (χ0) is 74.7. The van der Waals surface area contributed by atoms with Gasteiger partial charge in [0.05, 0.1) is 45.5 Å². The highest BCUT2D eigenvalue weighted by Gasteiger charge is 2.41. The van der Waals surface area contributed by atoms with Gasteiger partial charge in [-0.1, -0.05) is 310 Å². The van der Waals surface area contributed by atoms with Gasteiger partial charge in [0.15, 0.2) is 28.5 Å². The van der Waals surface area contributed by atoms with Gasteiger partial charge in [0, 0.05) is 36.4 Å². The number of carbonyl (C=O) groups is 5. The summed E-state index contributed by atoms with van der Waals surface area (Å²) in [5.41, 5.74) is 0.865. The lowest BCUT2D eigenvalue weighted by molar-refractivity contribution is -0.153. The number of imidazole rings is 1. The van der Waals surface area contributed by atoms with E-state index in [1.165, 1.54) is 281 Å². The largest absolute Gasteiger partial charge is 0.694 e. The molecular formula is C83H142N6O14P+. The van der Waals surface area contributed by atoms with Crippen LogP contribution in [0.25, 0.3) is 11.2 Å². The first-order chi connectivity index (χ1) is 50.8. The van der Waals surface area contributed by atoms with Crippen LogP contribution in [0.3, 0.4) is 0 Å². The van der Waals surface area contributed by atoms with Crippen LogP contribution in [-0.4, -0.2) is 118 Å². The number of esters is 2. The van der Waals surface area contributed by atoms with Gasteiger partial charge in [-0.15, -0.1) is 9.42 Å². The second kappa shape index (κ2) is 60.7. The number of Topliss-reactive ketones (excluding diaryl/α,β-unsaturated/α-hetero) is 1. The van der Waals surface area contributed by atoms with Crippen molar-refractivity contribution in [3.63, 3.8) is 0 Å². The van der Waals surface area contributed by atoms with Crippen LogP contribution in [0.5, 0.6) is 17.2 Å². The van der Waals surface area contributed by atoms with E-state index in [2.05, 4.69) is 41.0 Å². The SMILES string of the molecule is CCCCCCCCCCCCCCCCCCOc1cc(C(=O)N(C)CCOC(=O)CCC(=O)Nc2ncnc3c2ncn3[C@H]2CC(OC(=O)CCC(C)=O)[C@@H](CO[P+](=O)O)O2)cc(OCCCCCCCCCCCCCCCCCC)c1OCCCCCCCCCCCCCCCCCC. The zero-order valence-electron chi connectivity index (χ0n) is 65.7. The van der Waals surface area contributed by atoms with Crippen LogP contribution in [-0.2, 0) is 42.5 Å². The number of ketones is 1. The standard InChI is InChI=1S/C83H141N6O14P/c1-6-9-12-15-18-21-24-27-30-33-36-39-42-45-48-51-59-97-72-63-70(64-73(98-60-52-49-46-43-40-37-34-31-28-25-22-19-16-13-10-7-2)80(72)100-61-53-50-47-44-41-38-35-32-29-26-23-20-17-14-11-8-3)83(94)88(5)58-62-99-77(92)57-55-75(91)87-81-79-82(85-67-84-81)89(68-86-79)76-65-71(74(102-76)66-101-104(95)96)103-78(93)56-54-69(4)90/h63-64,67-68,71,74,76H,6-62,65-66H2,1-5H3,(H-,84,85,87,91,95,96)/p+1/t71?,74-,76-/m1/s1. The van der Waals surface area contributed by atoms with E-state index in [0.29, 0.717) is 42.6 Å². The van der Waals surface area contributed by atoms with Gasteiger partial charge < -0.3 is 43.4 Å². The molecule has 0 spiro atoms. The molecule has 4 rings (SSSR count). The minimum absolute atomic E-state index is 0.00131. The van der Waals surface area contributed by atoms with E-state index in [1.54, 1.807) is 23.7 Å². The van der Waals surface area contributed by atoms with E-state index in [1.807, 2.05) is 0 Å². The summed E-state index contributed by atoms with van der Waals surface area (Å²) in [6.07, 6.45) is 61.2. The maximum absolute atomic E-state index is 14.4. The Bertz CT molecular complexity index is 2690. The Balaban J connectivity index is 1.35. The molecule has 2 amide bonds. The van der Waals surface area contributed by atoms with Crippen molar-refractivity contribution in [2.45, 2.75) is 386 Å². The number of carbonyl (C=O) groups excluding carboxylic acids is 5. The minimum atomic E-state index is -2.97. The van der Waals surface area contributed by atoms with Crippen molar-refractivity contribution in [3.8, 4) is 17.2 Å². The highest BCUT2D eigenvalue weighted by Crippen LogP contribution is 2.41. The summed E-state index contributed by atoms with van der Waals surface area (Å²) < 4.78 is 55.1. The van der Waals surface area contributed by atoms with Crippen LogP contribution >= 0.6 is 8.25 Å². The molecule has 0 bridgehead atoms. The fourth-order valence-corrected chi connectivity index (χ4v) is 13.9. The lowest BCUT2D eigenvalue weighted by Crippen LogP contribution is -2.31. The molecular weight excluding hydrogens is 1340 g/mol. The molecule has 104 heavy (non-hydrogen) atoms. The first kappa shape index (κ1) is 91.1. The molecule has 2 aromatic heterocycles. The fraction of sp³-hybridized carbons (Fsp3) is 0.807. The summed E-state index contributed by atoms with van der Waals surface area (Å²) in [6.45, 7) is 9.32. The minimum Gasteiger partial charge on any atom is -0.490 e. The van der Waals surface area contributed by atoms with Gasteiger partial charge in [0.1, 0.15) is 43.8 Å². The summed E-state index contributed by atoms with van der Waals surface area (Å²) in [6, 6.07) is 3.57. The average molecular weight is 1480 g/mol. The highest BCUT2D eigenvalue weighted by molar-refractivity contribution is 7.32. The Morgan fingerprint density at radius 2 is 0.933 bits per heavy atom. The van der Waals surface area contributed by atoms with Crippen LogP contribution < -0.4 is 19.5 Å². The molecule has 21 heteroatoms. The van der Waals surface area contributed by atoms with Crippen molar-refractivity contribution in [2.24, 2.45) is 0 Å². The number of fused-ring (bicyclic) bond motifs is 1. The predicted octanol–water partition coefficient (Wildman–Crippen LogP) is 22.0. The van der Waals surface area contributed by atoms with Gasteiger partial charge in [0.25, 0.3) is 5.91 Å². The number of nitrogens with one attached hydrogen (secondary N) is 1. The van der Waals surface area contributed by atoms with Crippen molar-refractivity contribution in [1.82, 2.24) is 24.4 Å². The van der Waals surface area contributed by atoms with Gasteiger partial charge >= 0.3 is 20.2 Å². The van der Waals surface area contributed by atoms with Crippen molar-refractivity contribution in [3.05, 3.63) is 30.4 Å². The molecule has 1 aromatic carbocycles. The number of likely N-dealkylation sites (N-methyl/N-ethyl adjacent to an activating group) is 1. The number of hydrogen-bond acceptors (Lipinski definition) is 16. The third kappa shape index (κ3) is 42.9. The predicted molar refractivity (Wildman–Crippen MR) is 417 cm³/mol. The molecule has 0 aliphatic carbocycles. The Labute approximate surface area is 628 Å². The Morgan fingerprint density at radius 1 is 0.529 bits per heavy atom. The Morgan fingerprint density at radius 3 is 1.35 bits per heavy atom. The molecule has 3 aromatic rings. The third-order valence-electron chi connectivity index (χ3n) is 20.0. The first-order valence-electron chi connectivity index (χ1n) is 41.9. The van der Waals surface area contributed by atoms with Gasteiger partial charge in [-0.2, -0.15) is 0 Å². The molecule has 3 heterocycles. The number of aromatic nitrogens is 4. The molecule has 592 valence electrons. The summed E-state index contributed by atoms with van der Waals surface area (Å²) >= 11 is 0. The molecule has 1 fully saturated rings. The number of anilines is 1. The van der Waals surface area contributed by atoms with Crippen LogP contribution in [0.15, 0.2) is 24.8 Å². The first-order valence-corrected chi connectivity index (χ1v) is 43.1. The molecule has 0 radical (unpaired) electrons. The fourth-order valence-electron chi connectivity index (χ4n) is 13.6. The quantitative estimate of drug-likeness (QED) is 0.0303. The van der Waals surface area contributed by atoms with E-state index < -0.39 is 44.5 Å². The number of unbranched alkanes of at least 4 members (excludes halogenated alkanes) is 45. The lowest BCUT2D eigenvalue weighted by atomic mass is 10.0. The number of rotatable bonds is 70. The normalized spacial score (nSPS) is 14.4. The van der Waals surface area contributed by atoms with Crippen LogP contribution in [0, 0.1) is 0 Å². The summed E-state index contributed by atoms with van der Waals surface area (Å²) in [5.74, 6) is -0.632. The molecule has 2 N–H and O–H groups in total. The molecule has 1 aliphatic heterocycles. The van der Waals surface area contributed by atoms with Crippen molar-refractivity contribution >= 4 is 54.8 Å². The van der Waals surface area contributed by atoms with Crippen molar-refractivity contribution in [1.29, 1.82) is 0 Å². The van der Waals surface area contributed by atoms with Gasteiger partial charge in [-0.05, 0) is 38.3 Å². The van der Waals surface area contributed by atoms with Gasteiger partial charge in [-0.25, -0.2) is 15.0 Å². The van der Waals surface area contributed by atoms with E-state index in [4.69, 9.17) is 32.9 Å².